The largest absolute Gasteiger partial charge is 0.274 e. The zero-order valence-corrected chi connectivity index (χ0v) is 14.0. The van der Waals surface area contributed by atoms with Crippen LogP contribution in [0, 0.1) is 17.0 Å². The number of nitrogens with zero attached hydrogens (tertiary/aromatic N) is 4. The van der Waals surface area contributed by atoms with Crippen LogP contribution in [0.25, 0.3) is 5.69 Å². The standard InChI is InChI=1S/C12H12Br2N4O2/c1-3-8(13)10-6-17(16-15-10)12-5-11(18(19)20)7(2)4-9(12)14/h4-6,8H,3H2,1-2H3. The van der Waals surface area contributed by atoms with Gasteiger partial charge in [-0.05, 0) is 35.3 Å². The Bertz CT molecular complexity index is 657. The molecule has 1 aromatic heterocycles. The van der Waals surface area contributed by atoms with Crippen molar-refractivity contribution in [2.45, 2.75) is 25.1 Å². The molecular formula is C12H12Br2N4O2. The quantitative estimate of drug-likeness (QED) is 0.437. The Balaban J connectivity index is 2.49. The SMILES string of the molecule is CCC(Br)c1cn(-c2cc([N+](=O)[O-])c(C)cc2Br)nn1. The molecule has 1 aromatic carbocycles. The lowest BCUT2D eigenvalue weighted by Crippen LogP contribution is -2.00. The second kappa shape index (κ2) is 6.01. The van der Waals surface area contributed by atoms with Crippen molar-refractivity contribution in [1.82, 2.24) is 15.0 Å². The van der Waals surface area contributed by atoms with Gasteiger partial charge >= 0.3 is 0 Å². The minimum absolute atomic E-state index is 0.0612. The maximum atomic E-state index is 11.0. The highest BCUT2D eigenvalue weighted by Gasteiger charge is 2.17. The number of aromatic nitrogens is 3. The van der Waals surface area contributed by atoms with Crippen LogP contribution in [0.4, 0.5) is 5.69 Å². The Kier molecular flexibility index (Phi) is 4.54. The van der Waals surface area contributed by atoms with E-state index >= 15 is 0 Å². The molecule has 1 atom stereocenters. The van der Waals surface area contributed by atoms with Gasteiger partial charge in [0.05, 0.1) is 27.3 Å². The highest BCUT2D eigenvalue weighted by Crippen LogP contribution is 2.30. The van der Waals surface area contributed by atoms with Crippen LogP contribution in [0.2, 0.25) is 0 Å². The van der Waals surface area contributed by atoms with E-state index in [1.54, 1.807) is 19.2 Å². The van der Waals surface area contributed by atoms with Crippen molar-refractivity contribution in [1.29, 1.82) is 0 Å². The molecule has 0 fully saturated rings. The van der Waals surface area contributed by atoms with E-state index in [-0.39, 0.29) is 10.5 Å². The van der Waals surface area contributed by atoms with Gasteiger partial charge < -0.3 is 0 Å². The topological polar surface area (TPSA) is 73.8 Å². The highest BCUT2D eigenvalue weighted by molar-refractivity contribution is 9.10. The first kappa shape index (κ1) is 15.1. The zero-order valence-electron chi connectivity index (χ0n) is 10.9. The van der Waals surface area contributed by atoms with Crippen molar-refractivity contribution in [2.75, 3.05) is 0 Å². The van der Waals surface area contributed by atoms with Crippen molar-refractivity contribution in [3.8, 4) is 5.69 Å². The number of rotatable bonds is 4. The molecule has 2 rings (SSSR count). The zero-order chi connectivity index (χ0) is 14.9. The first-order valence-electron chi connectivity index (χ1n) is 5.95. The number of benzene rings is 1. The maximum Gasteiger partial charge on any atom is 0.274 e. The van der Waals surface area contributed by atoms with E-state index in [9.17, 15) is 10.1 Å². The van der Waals surface area contributed by atoms with E-state index < -0.39 is 4.92 Å². The molecule has 0 aliphatic heterocycles. The number of nitro benzene ring substituents is 1. The van der Waals surface area contributed by atoms with Crippen LogP contribution in [0.5, 0.6) is 0 Å². The fraction of sp³-hybridized carbons (Fsp3) is 0.333. The third-order valence-corrected chi connectivity index (χ3v) is 4.65. The second-order valence-electron chi connectivity index (χ2n) is 4.31. The van der Waals surface area contributed by atoms with Crippen LogP contribution >= 0.6 is 31.9 Å². The van der Waals surface area contributed by atoms with Crippen molar-refractivity contribution in [3.63, 3.8) is 0 Å². The van der Waals surface area contributed by atoms with Crippen LogP contribution < -0.4 is 0 Å². The van der Waals surface area contributed by atoms with E-state index in [1.807, 2.05) is 6.92 Å². The Morgan fingerprint density at radius 3 is 2.80 bits per heavy atom. The molecule has 0 N–H and O–H groups in total. The number of nitro groups is 1. The molecule has 20 heavy (non-hydrogen) atoms. The molecule has 0 amide bonds. The Morgan fingerprint density at radius 2 is 2.20 bits per heavy atom. The van der Waals surface area contributed by atoms with Crippen molar-refractivity contribution in [2.24, 2.45) is 0 Å². The lowest BCUT2D eigenvalue weighted by molar-refractivity contribution is -0.385. The molecule has 106 valence electrons. The number of hydrogen-bond acceptors (Lipinski definition) is 4. The number of alkyl halides is 1. The third kappa shape index (κ3) is 2.90. The van der Waals surface area contributed by atoms with Gasteiger partial charge in [-0.1, -0.05) is 28.1 Å². The van der Waals surface area contributed by atoms with Gasteiger partial charge in [0.25, 0.3) is 5.69 Å². The van der Waals surface area contributed by atoms with Crippen LogP contribution in [0.1, 0.15) is 29.4 Å². The summed E-state index contributed by atoms with van der Waals surface area (Å²) in [7, 11) is 0. The molecule has 0 aliphatic rings. The predicted octanol–water partition coefficient (Wildman–Crippen LogP) is 4.09. The average molecular weight is 404 g/mol. The van der Waals surface area contributed by atoms with Gasteiger partial charge in [-0.15, -0.1) is 5.10 Å². The lowest BCUT2D eigenvalue weighted by atomic mass is 10.2. The van der Waals surface area contributed by atoms with Gasteiger partial charge in [-0.2, -0.15) is 0 Å². The Morgan fingerprint density at radius 1 is 1.50 bits per heavy atom. The van der Waals surface area contributed by atoms with Crippen LogP contribution in [-0.4, -0.2) is 19.9 Å². The Labute approximate surface area is 132 Å². The smallest absolute Gasteiger partial charge is 0.258 e. The average Bonchev–Trinajstić information content (AvgIpc) is 2.86. The fourth-order valence-corrected chi connectivity index (χ4v) is 2.62. The van der Waals surface area contributed by atoms with E-state index in [0.717, 1.165) is 16.6 Å². The number of hydrogen-bond donors (Lipinski definition) is 0. The number of aryl methyl sites for hydroxylation is 1. The van der Waals surface area contributed by atoms with Crippen LogP contribution in [0.3, 0.4) is 0 Å². The summed E-state index contributed by atoms with van der Waals surface area (Å²) in [6, 6.07) is 3.20. The van der Waals surface area contributed by atoms with E-state index in [0.29, 0.717) is 11.3 Å². The molecule has 0 saturated carbocycles. The normalized spacial score (nSPS) is 12.4. The molecule has 1 heterocycles. The molecule has 0 spiro atoms. The van der Waals surface area contributed by atoms with Crippen LogP contribution in [0.15, 0.2) is 22.8 Å². The van der Waals surface area contributed by atoms with Crippen molar-refractivity contribution >= 4 is 37.5 Å². The maximum absolute atomic E-state index is 11.0. The highest BCUT2D eigenvalue weighted by atomic mass is 79.9. The predicted molar refractivity (Wildman–Crippen MR) is 82.4 cm³/mol. The van der Waals surface area contributed by atoms with Crippen molar-refractivity contribution < 1.29 is 4.92 Å². The van der Waals surface area contributed by atoms with Crippen molar-refractivity contribution in [3.05, 3.63) is 44.2 Å². The fourth-order valence-electron chi connectivity index (χ4n) is 1.77. The molecular weight excluding hydrogens is 392 g/mol. The molecule has 0 saturated heterocycles. The van der Waals surface area contributed by atoms with Gasteiger partial charge in [0.15, 0.2) is 0 Å². The summed E-state index contributed by atoms with van der Waals surface area (Å²) in [6.07, 6.45) is 2.65. The van der Waals surface area contributed by atoms with Gasteiger partial charge in [0, 0.05) is 16.1 Å². The summed E-state index contributed by atoms with van der Waals surface area (Å²) in [4.78, 5) is 10.7. The molecule has 1 unspecified atom stereocenters. The molecule has 0 radical (unpaired) electrons. The second-order valence-corrected chi connectivity index (χ2v) is 6.27. The molecule has 6 nitrogen and oxygen atoms in total. The molecule has 0 aliphatic carbocycles. The summed E-state index contributed by atoms with van der Waals surface area (Å²) >= 11 is 6.91. The first-order valence-corrected chi connectivity index (χ1v) is 7.66. The third-order valence-electron chi connectivity index (χ3n) is 2.90. The van der Waals surface area contributed by atoms with E-state index in [1.165, 1.54) is 10.7 Å². The lowest BCUT2D eigenvalue weighted by Gasteiger charge is -2.06. The minimum atomic E-state index is -0.400. The van der Waals surface area contributed by atoms with Gasteiger partial charge in [-0.3, -0.25) is 10.1 Å². The van der Waals surface area contributed by atoms with Gasteiger partial charge in [-0.25, -0.2) is 4.68 Å². The summed E-state index contributed by atoms with van der Waals surface area (Å²) in [5.74, 6) is 0. The molecule has 0 bridgehead atoms. The Hall–Kier alpha value is -1.28. The molecule has 2 aromatic rings. The van der Waals surface area contributed by atoms with Gasteiger partial charge in [0.2, 0.25) is 0 Å². The molecule has 8 heteroatoms. The summed E-state index contributed by atoms with van der Waals surface area (Å²) < 4.78 is 2.27. The monoisotopic (exact) mass is 402 g/mol. The minimum Gasteiger partial charge on any atom is -0.258 e. The van der Waals surface area contributed by atoms with Crippen LogP contribution in [-0.2, 0) is 0 Å². The first-order chi connectivity index (χ1) is 9.43. The summed E-state index contributed by atoms with van der Waals surface area (Å²) in [5.41, 5.74) is 2.04. The van der Waals surface area contributed by atoms with E-state index in [4.69, 9.17) is 0 Å². The van der Waals surface area contributed by atoms with E-state index in [2.05, 4.69) is 42.2 Å². The summed E-state index contributed by atoms with van der Waals surface area (Å²) in [5, 5.41) is 19.1. The van der Waals surface area contributed by atoms with Gasteiger partial charge in [0.1, 0.15) is 0 Å². The number of halogens is 2. The summed E-state index contributed by atoms with van der Waals surface area (Å²) in [6.45, 7) is 3.73.